The average molecular weight is 408 g/mol. The Morgan fingerprint density at radius 2 is 1.63 bits per heavy atom. The van der Waals surface area contributed by atoms with E-state index in [1.165, 1.54) is 13.8 Å². The zero-order chi connectivity index (χ0) is 21.8. The third kappa shape index (κ3) is 4.86. The first-order chi connectivity index (χ1) is 14.2. The van der Waals surface area contributed by atoms with Crippen LogP contribution in [-0.2, 0) is 25.5 Å². The molecule has 3 rings (SSSR count). The molecule has 0 aliphatic rings. The number of hydrogen-bond acceptors (Lipinski definition) is 5. The Morgan fingerprint density at radius 3 is 2.27 bits per heavy atom. The van der Waals surface area contributed by atoms with E-state index in [4.69, 9.17) is 9.15 Å². The number of esters is 1. The van der Waals surface area contributed by atoms with Crippen LogP contribution in [0.25, 0.3) is 11.0 Å². The van der Waals surface area contributed by atoms with Crippen molar-refractivity contribution in [2.45, 2.75) is 40.2 Å². The summed E-state index contributed by atoms with van der Waals surface area (Å²) in [5.41, 5.74) is 4.78. The molecule has 0 fully saturated rings. The summed E-state index contributed by atoms with van der Waals surface area (Å²) in [6, 6.07) is 10.5. The Bertz CT molecular complexity index is 1100. The van der Waals surface area contributed by atoms with Crippen LogP contribution in [0.2, 0.25) is 0 Å². The Kier molecular flexibility index (Phi) is 6.20. The van der Waals surface area contributed by atoms with Gasteiger partial charge in [0.2, 0.25) is 5.91 Å². The van der Waals surface area contributed by atoms with Gasteiger partial charge in [0.15, 0.2) is 6.10 Å². The molecule has 3 aromatic rings. The van der Waals surface area contributed by atoms with Gasteiger partial charge in [0.25, 0.3) is 5.91 Å². The topological polar surface area (TPSA) is 97.6 Å². The van der Waals surface area contributed by atoms with Gasteiger partial charge in [-0.1, -0.05) is 12.1 Å². The van der Waals surface area contributed by atoms with E-state index in [1.807, 2.05) is 26.0 Å². The average Bonchev–Trinajstić information content (AvgIpc) is 3.09. The summed E-state index contributed by atoms with van der Waals surface area (Å²) in [6.07, 6.45) is 0.604. The smallest absolute Gasteiger partial charge is 0.311 e. The van der Waals surface area contributed by atoms with Crippen LogP contribution in [0.5, 0.6) is 0 Å². The number of anilines is 2. The predicted octanol–water partition coefficient (Wildman–Crippen LogP) is 4.12. The lowest BCUT2D eigenvalue weighted by Crippen LogP contribution is -2.30. The zero-order valence-electron chi connectivity index (χ0n) is 17.4. The first-order valence-corrected chi connectivity index (χ1v) is 9.59. The maximum Gasteiger partial charge on any atom is 0.311 e. The highest BCUT2D eigenvalue weighted by atomic mass is 16.5. The van der Waals surface area contributed by atoms with Gasteiger partial charge in [0.1, 0.15) is 5.58 Å². The number of hydrogen-bond donors (Lipinski definition) is 2. The van der Waals surface area contributed by atoms with E-state index in [2.05, 4.69) is 10.6 Å². The zero-order valence-corrected chi connectivity index (χ0v) is 17.4. The Balaban J connectivity index is 1.58. The number of benzene rings is 2. The standard InChI is InChI=1S/C23H24N2O5/c1-13-5-10-20-17(12-29-22(20)14(13)2)11-21(27)30-15(3)23(28)25-19-8-6-18(7-9-19)24-16(4)26/h5-10,12,15H,11H2,1-4H3,(H,24,26)(H,25,28)/t15-/m1/s1. The molecule has 2 amide bonds. The van der Waals surface area contributed by atoms with Gasteiger partial charge < -0.3 is 19.8 Å². The summed E-state index contributed by atoms with van der Waals surface area (Å²) >= 11 is 0. The van der Waals surface area contributed by atoms with Gasteiger partial charge in [-0.3, -0.25) is 14.4 Å². The fourth-order valence-corrected chi connectivity index (χ4v) is 3.06. The molecule has 0 spiro atoms. The lowest BCUT2D eigenvalue weighted by atomic mass is 10.0. The quantitative estimate of drug-likeness (QED) is 0.598. The monoisotopic (exact) mass is 408 g/mol. The van der Waals surface area contributed by atoms with Gasteiger partial charge in [-0.05, 0) is 56.2 Å². The van der Waals surface area contributed by atoms with Crippen LogP contribution in [0.15, 0.2) is 47.1 Å². The van der Waals surface area contributed by atoms with E-state index in [0.29, 0.717) is 11.4 Å². The van der Waals surface area contributed by atoms with Crippen molar-refractivity contribution in [2.24, 2.45) is 0 Å². The second-order valence-corrected chi connectivity index (χ2v) is 7.20. The van der Waals surface area contributed by atoms with Crippen molar-refractivity contribution in [3.8, 4) is 0 Å². The van der Waals surface area contributed by atoms with Gasteiger partial charge in [-0.25, -0.2) is 0 Å². The Morgan fingerprint density at radius 1 is 1.00 bits per heavy atom. The summed E-state index contributed by atoms with van der Waals surface area (Å²) in [5.74, 6) is -1.14. The van der Waals surface area contributed by atoms with Crippen LogP contribution in [0.3, 0.4) is 0 Å². The van der Waals surface area contributed by atoms with Crippen molar-refractivity contribution in [1.82, 2.24) is 0 Å². The van der Waals surface area contributed by atoms with Gasteiger partial charge >= 0.3 is 5.97 Å². The molecule has 0 saturated heterocycles. The SMILES string of the molecule is CC(=O)Nc1ccc(NC(=O)[C@@H](C)OC(=O)Cc2coc3c(C)c(C)ccc23)cc1. The number of aryl methyl sites for hydroxylation is 2. The molecular formula is C23H24N2O5. The molecule has 0 aliphatic carbocycles. The molecule has 7 nitrogen and oxygen atoms in total. The van der Waals surface area contributed by atoms with E-state index in [9.17, 15) is 14.4 Å². The predicted molar refractivity (Wildman–Crippen MR) is 114 cm³/mol. The molecule has 7 heteroatoms. The molecule has 0 radical (unpaired) electrons. The molecule has 2 N–H and O–H groups in total. The molecule has 30 heavy (non-hydrogen) atoms. The third-order valence-electron chi connectivity index (χ3n) is 4.83. The number of furan rings is 1. The number of amides is 2. The molecule has 0 saturated carbocycles. The number of carbonyl (C=O) groups is 3. The molecular weight excluding hydrogens is 384 g/mol. The highest BCUT2D eigenvalue weighted by molar-refractivity contribution is 5.96. The maximum atomic E-state index is 12.3. The summed E-state index contributed by atoms with van der Waals surface area (Å²) in [5, 5.41) is 6.20. The lowest BCUT2D eigenvalue weighted by molar-refractivity contribution is -0.152. The van der Waals surface area contributed by atoms with Gasteiger partial charge in [-0.2, -0.15) is 0 Å². The first-order valence-electron chi connectivity index (χ1n) is 9.59. The second-order valence-electron chi connectivity index (χ2n) is 7.20. The number of rotatable bonds is 6. The van der Waals surface area contributed by atoms with Crippen LogP contribution in [0, 0.1) is 13.8 Å². The van der Waals surface area contributed by atoms with E-state index < -0.39 is 18.0 Å². The molecule has 0 unspecified atom stereocenters. The minimum absolute atomic E-state index is 0.0124. The number of ether oxygens (including phenoxy) is 1. The fourth-order valence-electron chi connectivity index (χ4n) is 3.06. The molecule has 0 bridgehead atoms. The summed E-state index contributed by atoms with van der Waals surface area (Å²) < 4.78 is 10.9. The maximum absolute atomic E-state index is 12.3. The molecule has 156 valence electrons. The number of carbonyl (C=O) groups excluding carboxylic acids is 3. The summed E-state index contributed by atoms with van der Waals surface area (Å²) in [6.45, 7) is 6.90. The minimum Gasteiger partial charge on any atom is -0.464 e. The molecule has 1 atom stereocenters. The second kappa shape index (κ2) is 8.82. The van der Waals surface area contributed by atoms with Crippen molar-refractivity contribution in [2.75, 3.05) is 10.6 Å². The lowest BCUT2D eigenvalue weighted by Gasteiger charge is -2.14. The van der Waals surface area contributed by atoms with Gasteiger partial charge in [0.05, 0.1) is 12.7 Å². The van der Waals surface area contributed by atoms with Crippen LogP contribution in [-0.4, -0.2) is 23.9 Å². The van der Waals surface area contributed by atoms with Crippen LogP contribution in [0.1, 0.15) is 30.5 Å². The third-order valence-corrected chi connectivity index (χ3v) is 4.83. The Hall–Kier alpha value is -3.61. The van der Waals surface area contributed by atoms with E-state index in [1.54, 1.807) is 30.5 Å². The fraction of sp³-hybridized carbons (Fsp3) is 0.261. The normalized spacial score (nSPS) is 11.7. The van der Waals surface area contributed by atoms with E-state index >= 15 is 0 Å². The number of nitrogens with one attached hydrogen (secondary N) is 2. The van der Waals surface area contributed by atoms with Crippen molar-refractivity contribution in [1.29, 1.82) is 0 Å². The van der Waals surface area contributed by atoms with Crippen LogP contribution in [0.4, 0.5) is 11.4 Å². The minimum atomic E-state index is -0.963. The van der Waals surface area contributed by atoms with Crippen molar-refractivity contribution >= 4 is 40.1 Å². The van der Waals surface area contributed by atoms with Gasteiger partial charge in [0, 0.05) is 29.2 Å². The Labute approximate surface area is 174 Å². The van der Waals surface area contributed by atoms with Crippen molar-refractivity contribution < 1.29 is 23.5 Å². The van der Waals surface area contributed by atoms with Crippen LogP contribution < -0.4 is 10.6 Å². The van der Waals surface area contributed by atoms with Crippen molar-refractivity contribution in [3.63, 3.8) is 0 Å². The highest BCUT2D eigenvalue weighted by Crippen LogP contribution is 2.27. The van der Waals surface area contributed by atoms with Crippen LogP contribution >= 0.6 is 0 Å². The molecule has 1 aromatic heterocycles. The summed E-state index contributed by atoms with van der Waals surface area (Å²) in [7, 11) is 0. The van der Waals surface area contributed by atoms with Crippen molar-refractivity contribution in [3.05, 3.63) is 59.4 Å². The molecule has 1 heterocycles. The van der Waals surface area contributed by atoms with Gasteiger partial charge in [-0.15, -0.1) is 0 Å². The summed E-state index contributed by atoms with van der Waals surface area (Å²) in [4.78, 5) is 35.7. The number of fused-ring (bicyclic) bond motifs is 1. The largest absolute Gasteiger partial charge is 0.464 e. The molecule has 2 aromatic carbocycles. The first kappa shape index (κ1) is 21.1. The highest BCUT2D eigenvalue weighted by Gasteiger charge is 2.20. The van der Waals surface area contributed by atoms with E-state index in [0.717, 1.165) is 27.7 Å². The molecule has 0 aliphatic heterocycles. The van der Waals surface area contributed by atoms with E-state index in [-0.39, 0.29) is 12.3 Å².